The minimum Gasteiger partial charge on any atom is -0.382 e. The molecule has 0 aliphatic carbocycles. The number of hydrogen-bond acceptors (Lipinski definition) is 6. The maximum Gasteiger partial charge on any atom is 0.273 e. The van der Waals surface area contributed by atoms with Gasteiger partial charge in [0.15, 0.2) is 22.5 Å². The first-order valence-corrected chi connectivity index (χ1v) is 8.48. The number of halogens is 1. The van der Waals surface area contributed by atoms with E-state index in [9.17, 15) is 4.79 Å². The van der Waals surface area contributed by atoms with Crippen LogP contribution in [0.2, 0.25) is 5.15 Å². The molecule has 0 radical (unpaired) electrons. The zero-order valence-electron chi connectivity index (χ0n) is 14.7. The topological polar surface area (TPSA) is 119 Å². The molecule has 0 aliphatic rings. The van der Waals surface area contributed by atoms with E-state index in [1.165, 1.54) is 12.8 Å². The van der Waals surface area contributed by atoms with E-state index in [2.05, 4.69) is 34.7 Å². The summed E-state index contributed by atoms with van der Waals surface area (Å²) in [6.07, 6.45) is 3.54. The van der Waals surface area contributed by atoms with E-state index in [4.69, 9.17) is 23.1 Å². The number of aromatic nitrogens is 2. The van der Waals surface area contributed by atoms with Gasteiger partial charge in [-0.15, -0.1) is 0 Å². The molecule has 1 amide bonds. The summed E-state index contributed by atoms with van der Waals surface area (Å²) in [5, 5.41) is 5.93. The lowest BCUT2D eigenvalue weighted by Gasteiger charge is -2.30. The van der Waals surface area contributed by atoms with Crippen LogP contribution in [0.4, 0.5) is 11.6 Å². The molecule has 0 spiro atoms. The molecule has 0 unspecified atom stereocenters. The highest BCUT2D eigenvalue weighted by atomic mass is 35.5. The second kappa shape index (κ2) is 9.61. The minimum atomic E-state index is -0.393. The molecule has 1 aromatic rings. The van der Waals surface area contributed by atoms with Gasteiger partial charge in [0, 0.05) is 0 Å². The maximum atomic E-state index is 12.1. The van der Waals surface area contributed by atoms with Gasteiger partial charge in [-0.05, 0) is 32.9 Å². The third kappa shape index (κ3) is 6.86. The Hall–Kier alpha value is -1.64. The highest BCUT2D eigenvalue weighted by Crippen LogP contribution is 2.17. The monoisotopic (exact) mass is 358 g/mol. The van der Waals surface area contributed by atoms with E-state index in [0.29, 0.717) is 6.54 Å². The zero-order valence-corrected chi connectivity index (χ0v) is 15.5. The summed E-state index contributed by atoms with van der Waals surface area (Å²) in [7, 11) is 6.27. The normalized spacial score (nSPS) is 11.5. The molecule has 0 bridgehead atoms. The fraction of sp³-hybridized carbons (Fsp3) is 0.667. The number of anilines is 2. The standard InChI is InChI=1S/C15H28ClN7O/c1-19-7-5-4-6-9-23(2,3)10-8-20-15(24)11-13(17)22-14(18)12(16)21-11/h19H,4-10H2,1-3H3,(H4-,17,18,20,22,24)/p+1. The molecular weight excluding hydrogens is 330 g/mol. The number of rotatable bonds is 10. The van der Waals surface area contributed by atoms with E-state index in [1.54, 1.807) is 0 Å². The van der Waals surface area contributed by atoms with Crippen LogP contribution in [-0.2, 0) is 0 Å². The van der Waals surface area contributed by atoms with Gasteiger partial charge < -0.3 is 26.6 Å². The average molecular weight is 359 g/mol. The quantitative estimate of drug-likeness (QED) is 0.357. The summed E-state index contributed by atoms with van der Waals surface area (Å²) < 4.78 is 0.837. The van der Waals surface area contributed by atoms with Crippen LogP contribution in [0.1, 0.15) is 29.8 Å². The van der Waals surface area contributed by atoms with Crippen LogP contribution >= 0.6 is 11.6 Å². The SMILES string of the molecule is CNCCCCC[N+](C)(C)CCNC(=O)c1nc(Cl)c(N)nc1N. The number of amides is 1. The second-order valence-electron chi connectivity index (χ2n) is 6.44. The lowest BCUT2D eigenvalue weighted by atomic mass is 10.2. The van der Waals surface area contributed by atoms with Gasteiger partial charge in [0.05, 0.1) is 33.7 Å². The highest BCUT2D eigenvalue weighted by Gasteiger charge is 2.18. The first kappa shape index (κ1) is 20.4. The third-order valence-electron chi connectivity index (χ3n) is 3.81. The Bertz CT molecular complexity index is 551. The Morgan fingerprint density at radius 1 is 1.08 bits per heavy atom. The molecule has 8 nitrogen and oxygen atoms in total. The first-order chi connectivity index (χ1) is 11.3. The Balaban J connectivity index is 2.40. The summed E-state index contributed by atoms with van der Waals surface area (Å²) in [6.45, 7) is 3.45. The Labute approximate surface area is 148 Å². The number of carbonyl (C=O) groups excluding carboxylic acids is 1. The summed E-state index contributed by atoms with van der Waals surface area (Å²) in [5.41, 5.74) is 11.2. The molecule has 136 valence electrons. The first-order valence-electron chi connectivity index (χ1n) is 8.10. The molecular formula is C15H29ClN7O+. The van der Waals surface area contributed by atoms with Crippen LogP contribution in [0, 0.1) is 0 Å². The summed E-state index contributed by atoms with van der Waals surface area (Å²) in [6, 6.07) is 0. The fourth-order valence-electron chi connectivity index (χ4n) is 2.29. The predicted octanol–water partition coefficient (Wildman–Crippen LogP) is 0.490. The maximum absolute atomic E-state index is 12.1. The molecule has 0 aliphatic heterocycles. The van der Waals surface area contributed by atoms with Crippen molar-refractivity contribution in [1.82, 2.24) is 20.6 Å². The van der Waals surface area contributed by atoms with Crippen molar-refractivity contribution in [1.29, 1.82) is 0 Å². The van der Waals surface area contributed by atoms with E-state index < -0.39 is 5.91 Å². The Morgan fingerprint density at radius 3 is 2.46 bits per heavy atom. The van der Waals surface area contributed by atoms with Gasteiger partial charge in [-0.1, -0.05) is 11.6 Å². The van der Waals surface area contributed by atoms with Crippen LogP contribution in [0.15, 0.2) is 0 Å². The number of unbranched alkanes of at least 4 members (excludes halogenated alkanes) is 2. The van der Waals surface area contributed by atoms with Crippen molar-refractivity contribution < 1.29 is 9.28 Å². The molecule has 24 heavy (non-hydrogen) atoms. The summed E-state index contributed by atoms with van der Waals surface area (Å²) >= 11 is 5.79. The van der Waals surface area contributed by atoms with Crippen LogP contribution in [0.5, 0.6) is 0 Å². The van der Waals surface area contributed by atoms with Crippen molar-refractivity contribution >= 4 is 29.1 Å². The minimum absolute atomic E-state index is 0.00608. The molecule has 1 heterocycles. The molecule has 0 aromatic carbocycles. The lowest BCUT2D eigenvalue weighted by Crippen LogP contribution is -2.46. The van der Waals surface area contributed by atoms with Crippen molar-refractivity contribution in [3.63, 3.8) is 0 Å². The molecule has 1 rings (SSSR count). The largest absolute Gasteiger partial charge is 0.382 e. The number of quaternary nitrogens is 1. The van der Waals surface area contributed by atoms with Gasteiger partial charge in [0.1, 0.15) is 0 Å². The van der Waals surface area contributed by atoms with Crippen molar-refractivity contribution in [3.8, 4) is 0 Å². The van der Waals surface area contributed by atoms with E-state index in [-0.39, 0.29) is 22.5 Å². The molecule has 1 aromatic heterocycles. The molecule has 0 saturated carbocycles. The van der Waals surface area contributed by atoms with Crippen LogP contribution in [0.3, 0.4) is 0 Å². The van der Waals surface area contributed by atoms with E-state index in [1.807, 2.05) is 7.05 Å². The van der Waals surface area contributed by atoms with Gasteiger partial charge in [-0.25, -0.2) is 9.97 Å². The Kier molecular flexibility index (Phi) is 8.17. The van der Waals surface area contributed by atoms with Crippen LogP contribution in [-0.4, -0.2) is 67.7 Å². The van der Waals surface area contributed by atoms with Crippen molar-refractivity contribution in [2.24, 2.45) is 0 Å². The van der Waals surface area contributed by atoms with E-state index >= 15 is 0 Å². The van der Waals surface area contributed by atoms with Gasteiger partial charge in [0.25, 0.3) is 5.91 Å². The lowest BCUT2D eigenvalue weighted by molar-refractivity contribution is -0.889. The number of nitrogens with zero attached hydrogens (tertiary/aromatic N) is 3. The predicted molar refractivity (Wildman–Crippen MR) is 97.8 cm³/mol. The second-order valence-corrected chi connectivity index (χ2v) is 6.79. The molecule has 0 saturated heterocycles. The van der Waals surface area contributed by atoms with Crippen LogP contribution < -0.4 is 22.1 Å². The fourth-order valence-corrected chi connectivity index (χ4v) is 2.42. The van der Waals surface area contributed by atoms with Gasteiger partial charge >= 0.3 is 0 Å². The zero-order chi connectivity index (χ0) is 18.2. The summed E-state index contributed by atoms with van der Waals surface area (Å²) in [5.74, 6) is -0.398. The number of likely N-dealkylation sites (N-methyl/N-ethyl adjacent to an activating group) is 1. The molecule has 9 heteroatoms. The van der Waals surface area contributed by atoms with Gasteiger partial charge in [0.2, 0.25) is 0 Å². The Morgan fingerprint density at radius 2 is 1.79 bits per heavy atom. The smallest absolute Gasteiger partial charge is 0.273 e. The molecule has 0 fully saturated rings. The molecule has 0 atom stereocenters. The third-order valence-corrected chi connectivity index (χ3v) is 4.09. The number of nitrogens with one attached hydrogen (secondary N) is 2. The summed E-state index contributed by atoms with van der Waals surface area (Å²) in [4.78, 5) is 19.8. The number of carbonyl (C=O) groups is 1. The van der Waals surface area contributed by atoms with Crippen molar-refractivity contribution in [2.45, 2.75) is 19.3 Å². The van der Waals surface area contributed by atoms with Crippen LogP contribution in [0.25, 0.3) is 0 Å². The number of nitrogen functional groups attached to an aromatic ring is 2. The van der Waals surface area contributed by atoms with Gasteiger partial charge in [-0.2, -0.15) is 0 Å². The van der Waals surface area contributed by atoms with Crippen molar-refractivity contribution in [2.75, 3.05) is 58.8 Å². The average Bonchev–Trinajstić information content (AvgIpc) is 2.50. The van der Waals surface area contributed by atoms with Gasteiger partial charge in [-0.3, -0.25) is 4.79 Å². The number of hydrogen-bond donors (Lipinski definition) is 4. The van der Waals surface area contributed by atoms with E-state index in [0.717, 1.165) is 30.5 Å². The van der Waals surface area contributed by atoms with Crippen molar-refractivity contribution in [3.05, 3.63) is 10.8 Å². The highest BCUT2D eigenvalue weighted by molar-refractivity contribution is 6.31. The number of nitrogens with two attached hydrogens (primary N) is 2. The molecule has 6 N–H and O–H groups in total.